The summed E-state index contributed by atoms with van der Waals surface area (Å²) < 4.78 is 0. The zero-order valence-electron chi connectivity index (χ0n) is 9.37. The molecule has 0 saturated heterocycles. The summed E-state index contributed by atoms with van der Waals surface area (Å²) in [6.07, 6.45) is 5.17. The van der Waals surface area contributed by atoms with Gasteiger partial charge in [-0.25, -0.2) is 4.98 Å². The third kappa shape index (κ3) is 3.24. The van der Waals surface area contributed by atoms with Crippen LogP contribution >= 0.6 is 11.3 Å². The number of aromatic nitrogens is 1. The van der Waals surface area contributed by atoms with Crippen LogP contribution in [0, 0.1) is 6.92 Å². The SMILES string of the molecule is C/C=C\c1nc(CCN(C)C)sc1C. The lowest BCUT2D eigenvalue weighted by Crippen LogP contribution is -2.14. The van der Waals surface area contributed by atoms with Crippen molar-refractivity contribution in [3.63, 3.8) is 0 Å². The molecular formula is C11H18N2S. The van der Waals surface area contributed by atoms with Crippen LogP contribution < -0.4 is 0 Å². The Hall–Kier alpha value is -0.670. The molecule has 0 bridgehead atoms. The molecule has 0 aliphatic rings. The molecule has 1 aromatic rings. The summed E-state index contributed by atoms with van der Waals surface area (Å²) in [5.41, 5.74) is 1.13. The van der Waals surface area contributed by atoms with E-state index in [1.807, 2.05) is 24.3 Å². The van der Waals surface area contributed by atoms with E-state index in [2.05, 4.69) is 37.0 Å². The number of nitrogens with zero attached hydrogens (tertiary/aromatic N) is 2. The van der Waals surface area contributed by atoms with E-state index < -0.39 is 0 Å². The van der Waals surface area contributed by atoms with Gasteiger partial charge < -0.3 is 4.90 Å². The topological polar surface area (TPSA) is 16.1 Å². The lowest BCUT2D eigenvalue weighted by Gasteiger charge is -2.06. The van der Waals surface area contributed by atoms with Crippen molar-refractivity contribution in [3.05, 3.63) is 21.7 Å². The molecule has 0 aliphatic carbocycles. The minimum atomic E-state index is 1.05. The van der Waals surface area contributed by atoms with Crippen LogP contribution in [-0.2, 0) is 6.42 Å². The maximum atomic E-state index is 4.58. The molecule has 0 atom stereocenters. The Labute approximate surface area is 90.3 Å². The molecule has 3 heteroatoms. The van der Waals surface area contributed by atoms with Gasteiger partial charge in [-0.1, -0.05) is 6.08 Å². The molecule has 78 valence electrons. The Morgan fingerprint density at radius 2 is 2.14 bits per heavy atom. The van der Waals surface area contributed by atoms with Crippen LogP contribution in [0.2, 0.25) is 0 Å². The fourth-order valence-electron chi connectivity index (χ4n) is 1.20. The summed E-state index contributed by atoms with van der Waals surface area (Å²) in [6.45, 7) is 5.23. The standard InChI is InChI=1S/C11H18N2S/c1-5-6-10-9(2)14-11(12-10)7-8-13(3)4/h5-6H,7-8H2,1-4H3/b6-5-. The number of likely N-dealkylation sites (N-methyl/N-ethyl adjacent to an activating group) is 1. The molecule has 2 nitrogen and oxygen atoms in total. The van der Waals surface area contributed by atoms with Gasteiger partial charge in [0.2, 0.25) is 0 Å². The van der Waals surface area contributed by atoms with E-state index in [0.717, 1.165) is 18.7 Å². The third-order valence-electron chi connectivity index (χ3n) is 1.97. The number of allylic oxidation sites excluding steroid dienone is 1. The quantitative estimate of drug-likeness (QED) is 0.759. The molecule has 1 aromatic heterocycles. The fourth-order valence-corrected chi connectivity index (χ4v) is 2.11. The van der Waals surface area contributed by atoms with Gasteiger partial charge in [-0.2, -0.15) is 0 Å². The zero-order valence-corrected chi connectivity index (χ0v) is 10.2. The Morgan fingerprint density at radius 1 is 1.43 bits per heavy atom. The Morgan fingerprint density at radius 3 is 2.71 bits per heavy atom. The van der Waals surface area contributed by atoms with Gasteiger partial charge in [0.05, 0.1) is 10.7 Å². The number of thiazole rings is 1. The highest BCUT2D eigenvalue weighted by atomic mass is 32.1. The molecule has 0 unspecified atom stereocenters. The lowest BCUT2D eigenvalue weighted by molar-refractivity contribution is 0.413. The molecule has 0 aliphatic heterocycles. The zero-order chi connectivity index (χ0) is 10.6. The predicted octanol–water partition coefficient (Wildman–Crippen LogP) is 2.59. The molecule has 0 spiro atoms. The van der Waals surface area contributed by atoms with Crippen LogP contribution in [0.4, 0.5) is 0 Å². The van der Waals surface area contributed by atoms with Crippen molar-refractivity contribution in [2.75, 3.05) is 20.6 Å². The Balaban J connectivity index is 2.66. The third-order valence-corrected chi connectivity index (χ3v) is 3.02. The van der Waals surface area contributed by atoms with Crippen molar-refractivity contribution >= 4 is 17.4 Å². The van der Waals surface area contributed by atoms with E-state index >= 15 is 0 Å². The number of rotatable bonds is 4. The average molecular weight is 210 g/mol. The Bertz CT molecular complexity index is 313. The second-order valence-electron chi connectivity index (χ2n) is 3.60. The first kappa shape index (κ1) is 11.4. The molecule has 14 heavy (non-hydrogen) atoms. The highest BCUT2D eigenvalue weighted by molar-refractivity contribution is 7.11. The van der Waals surface area contributed by atoms with Gasteiger partial charge in [-0.05, 0) is 34.0 Å². The van der Waals surface area contributed by atoms with Crippen LogP contribution in [0.25, 0.3) is 6.08 Å². The van der Waals surface area contributed by atoms with Crippen LogP contribution in [0.15, 0.2) is 6.08 Å². The number of aryl methyl sites for hydroxylation is 1. The second kappa shape index (κ2) is 5.27. The maximum absolute atomic E-state index is 4.58. The maximum Gasteiger partial charge on any atom is 0.0947 e. The van der Waals surface area contributed by atoms with Gasteiger partial charge in [0.25, 0.3) is 0 Å². The van der Waals surface area contributed by atoms with E-state index in [-0.39, 0.29) is 0 Å². The van der Waals surface area contributed by atoms with Crippen LogP contribution in [-0.4, -0.2) is 30.5 Å². The van der Waals surface area contributed by atoms with Gasteiger partial charge in [0.15, 0.2) is 0 Å². The molecule has 1 rings (SSSR count). The summed E-state index contributed by atoms with van der Waals surface area (Å²) in [6, 6.07) is 0. The Kier molecular flexibility index (Phi) is 4.29. The molecule has 1 heterocycles. The monoisotopic (exact) mass is 210 g/mol. The summed E-state index contributed by atoms with van der Waals surface area (Å²) in [5, 5.41) is 1.24. The molecule has 0 fully saturated rings. The molecule has 0 amide bonds. The lowest BCUT2D eigenvalue weighted by atomic mass is 10.3. The van der Waals surface area contributed by atoms with E-state index in [9.17, 15) is 0 Å². The first-order chi connectivity index (χ1) is 6.63. The number of hydrogen-bond donors (Lipinski definition) is 0. The molecule has 0 aromatic carbocycles. The smallest absolute Gasteiger partial charge is 0.0947 e. The second-order valence-corrected chi connectivity index (χ2v) is 4.89. The largest absolute Gasteiger partial charge is 0.309 e. The summed E-state index contributed by atoms with van der Waals surface area (Å²) in [4.78, 5) is 8.08. The first-order valence-corrected chi connectivity index (χ1v) is 5.69. The summed E-state index contributed by atoms with van der Waals surface area (Å²) in [7, 11) is 4.18. The van der Waals surface area contributed by atoms with E-state index in [1.165, 1.54) is 9.88 Å². The molecule has 0 radical (unpaired) electrons. The predicted molar refractivity (Wildman–Crippen MR) is 63.8 cm³/mol. The van der Waals surface area contributed by atoms with Crippen molar-refractivity contribution in [2.45, 2.75) is 20.3 Å². The van der Waals surface area contributed by atoms with Gasteiger partial charge in [0.1, 0.15) is 0 Å². The van der Waals surface area contributed by atoms with Gasteiger partial charge in [-0.3, -0.25) is 0 Å². The van der Waals surface area contributed by atoms with Crippen molar-refractivity contribution in [2.24, 2.45) is 0 Å². The van der Waals surface area contributed by atoms with Crippen LogP contribution in [0.3, 0.4) is 0 Å². The average Bonchev–Trinajstić information content (AvgIpc) is 2.45. The summed E-state index contributed by atoms with van der Waals surface area (Å²) in [5.74, 6) is 0. The molecule has 0 N–H and O–H groups in total. The van der Waals surface area contributed by atoms with Crippen molar-refractivity contribution in [1.82, 2.24) is 9.88 Å². The fraction of sp³-hybridized carbons (Fsp3) is 0.545. The minimum Gasteiger partial charge on any atom is -0.309 e. The van der Waals surface area contributed by atoms with Gasteiger partial charge in [-0.15, -0.1) is 11.3 Å². The van der Waals surface area contributed by atoms with Crippen molar-refractivity contribution < 1.29 is 0 Å². The molecular weight excluding hydrogens is 192 g/mol. The normalized spacial score (nSPS) is 11.8. The highest BCUT2D eigenvalue weighted by Crippen LogP contribution is 2.19. The van der Waals surface area contributed by atoms with E-state index in [4.69, 9.17) is 0 Å². The van der Waals surface area contributed by atoms with Crippen molar-refractivity contribution in [1.29, 1.82) is 0 Å². The highest BCUT2D eigenvalue weighted by Gasteiger charge is 2.04. The van der Waals surface area contributed by atoms with Gasteiger partial charge in [0, 0.05) is 17.8 Å². The van der Waals surface area contributed by atoms with Crippen LogP contribution in [0.1, 0.15) is 22.5 Å². The molecule has 0 saturated carbocycles. The van der Waals surface area contributed by atoms with E-state index in [1.54, 1.807) is 0 Å². The van der Waals surface area contributed by atoms with E-state index in [0.29, 0.717) is 0 Å². The van der Waals surface area contributed by atoms with Crippen molar-refractivity contribution in [3.8, 4) is 0 Å². The summed E-state index contributed by atoms with van der Waals surface area (Å²) >= 11 is 1.81. The van der Waals surface area contributed by atoms with Crippen LogP contribution in [0.5, 0.6) is 0 Å². The first-order valence-electron chi connectivity index (χ1n) is 4.87. The van der Waals surface area contributed by atoms with Gasteiger partial charge >= 0.3 is 0 Å². The minimum absolute atomic E-state index is 1.05. The number of hydrogen-bond acceptors (Lipinski definition) is 3.